The van der Waals surface area contributed by atoms with Crippen LogP contribution in [-0.4, -0.2) is 11.1 Å². The maximum Gasteiger partial charge on any atom is 0.328 e. The number of aliphatic carboxylic acids is 1. The minimum atomic E-state index is -1.15. The first kappa shape index (κ1) is 15.0. The summed E-state index contributed by atoms with van der Waals surface area (Å²) >= 11 is 5.97. The van der Waals surface area contributed by atoms with Gasteiger partial charge in [-0.1, -0.05) is 17.7 Å². The topological polar surface area (TPSA) is 46.5 Å². The molecule has 1 N–H and O–H groups in total. The molecular weight excluding hydrogens is 302 g/mol. The predicted molar refractivity (Wildman–Crippen MR) is 74.6 cm³/mol. The van der Waals surface area contributed by atoms with E-state index in [1.807, 2.05) is 0 Å². The Hall–Kier alpha value is -2.40. The molecule has 108 valence electrons. The van der Waals surface area contributed by atoms with Gasteiger partial charge in [-0.2, -0.15) is 0 Å². The molecule has 2 aromatic carbocycles. The molecule has 0 aliphatic carbocycles. The Kier molecular flexibility index (Phi) is 4.55. The summed E-state index contributed by atoms with van der Waals surface area (Å²) in [6, 6.07) is 7.36. The van der Waals surface area contributed by atoms with Crippen molar-refractivity contribution >= 4 is 23.6 Å². The molecule has 21 heavy (non-hydrogen) atoms. The number of hydrogen-bond donors (Lipinski definition) is 1. The summed E-state index contributed by atoms with van der Waals surface area (Å²) in [5.41, 5.74) is 0.297. The first-order chi connectivity index (χ1) is 9.95. The molecule has 0 bridgehead atoms. The zero-order chi connectivity index (χ0) is 15.4. The van der Waals surface area contributed by atoms with Crippen molar-refractivity contribution < 1.29 is 23.4 Å². The lowest BCUT2D eigenvalue weighted by Crippen LogP contribution is -1.92. The Labute approximate surface area is 124 Å². The second-order valence-electron chi connectivity index (χ2n) is 4.03. The largest absolute Gasteiger partial charge is 0.478 e. The molecule has 0 fully saturated rings. The van der Waals surface area contributed by atoms with Gasteiger partial charge >= 0.3 is 5.97 Å². The van der Waals surface area contributed by atoms with E-state index in [0.717, 1.165) is 24.3 Å². The zero-order valence-electron chi connectivity index (χ0n) is 10.5. The van der Waals surface area contributed by atoms with Crippen molar-refractivity contribution in [3.63, 3.8) is 0 Å². The lowest BCUT2D eigenvalue weighted by molar-refractivity contribution is -0.131. The van der Waals surface area contributed by atoms with Crippen LogP contribution >= 0.6 is 11.6 Å². The van der Waals surface area contributed by atoms with E-state index in [1.54, 1.807) is 12.1 Å². The molecule has 0 aliphatic rings. The minimum absolute atomic E-state index is 0.0558. The van der Waals surface area contributed by atoms with Gasteiger partial charge in [0.05, 0.1) is 5.02 Å². The third kappa shape index (κ3) is 4.03. The highest BCUT2D eigenvalue weighted by Crippen LogP contribution is 2.32. The van der Waals surface area contributed by atoms with Crippen LogP contribution in [0.4, 0.5) is 8.78 Å². The number of rotatable bonds is 4. The maximum atomic E-state index is 13.1. The van der Waals surface area contributed by atoms with Crippen LogP contribution in [0.1, 0.15) is 5.56 Å². The summed E-state index contributed by atoms with van der Waals surface area (Å²) in [4.78, 5) is 10.6. The smallest absolute Gasteiger partial charge is 0.328 e. The molecule has 0 saturated heterocycles. The summed E-state index contributed by atoms with van der Waals surface area (Å²) in [5, 5.41) is 8.90. The SMILES string of the molecule is O=C(O)C=Cc1c(Cl)cccc1Oc1cc(F)cc(F)c1. The molecule has 2 rings (SSSR count). The molecule has 0 heterocycles. The molecule has 0 saturated carbocycles. The van der Waals surface area contributed by atoms with Crippen molar-refractivity contribution in [3.8, 4) is 11.5 Å². The standard InChI is InChI=1S/C15H9ClF2O3/c16-13-2-1-3-14(12(13)4-5-15(19)20)21-11-7-9(17)6-10(18)8-11/h1-8H,(H,19,20). The fourth-order valence-corrected chi connectivity index (χ4v) is 1.87. The van der Waals surface area contributed by atoms with Crippen molar-refractivity contribution in [1.29, 1.82) is 0 Å². The lowest BCUT2D eigenvalue weighted by atomic mass is 10.2. The normalized spacial score (nSPS) is 10.8. The van der Waals surface area contributed by atoms with Gasteiger partial charge in [0.15, 0.2) is 0 Å². The zero-order valence-corrected chi connectivity index (χ0v) is 11.3. The van der Waals surface area contributed by atoms with Crippen LogP contribution < -0.4 is 4.74 Å². The van der Waals surface area contributed by atoms with E-state index in [0.29, 0.717) is 5.56 Å². The number of carboxylic acids is 1. The van der Waals surface area contributed by atoms with Crippen molar-refractivity contribution in [1.82, 2.24) is 0 Å². The molecule has 0 atom stereocenters. The molecule has 0 spiro atoms. The Morgan fingerprint density at radius 1 is 1.19 bits per heavy atom. The van der Waals surface area contributed by atoms with Crippen LogP contribution in [0.2, 0.25) is 5.02 Å². The summed E-state index contributed by atoms with van der Waals surface area (Å²) in [6.45, 7) is 0. The molecule has 6 heteroatoms. The highest BCUT2D eigenvalue weighted by Gasteiger charge is 2.09. The summed E-state index contributed by atoms with van der Waals surface area (Å²) in [7, 11) is 0. The Balaban J connectivity index is 2.39. The first-order valence-corrected chi connectivity index (χ1v) is 6.17. The van der Waals surface area contributed by atoms with Gasteiger partial charge in [-0.15, -0.1) is 0 Å². The van der Waals surface area contributed by atoms with Crippen LogP contribution in [0.5, 0.6) is 11.5 Å². The summed E-state index contributed by atoms with van der Waals surface area (Å²) < 4.78 is 31.6. The molecule has 0 aliphatic heterocycles. The number of benzene rings is 2. The van der Waals surface area contributed by atoms with E-state index in [2.05, 4.69) is 0 Å². The van der Waals surface area contributed by atoms with Crippen LogP contribution in [0, 0.1) is 11.6 Å². The second kappa shape index (κ2) is 6.37. The predicted octanol–water partition coefficient (Wildman–Crippen LogP) is 4.51. The van der Waals surface area contributed by atoms with E-state index in [1.165, 1.54) is 12.1 Å². The van der Waals surface area contributed by atoms with Gasteiger partial charge in [0.25, 0.3) is 0 Å². The van der Waals surface area contributed by atoms with Gasteiger partial charge in [-0.3, -0.25) is 0 Å². The van der Waals surface area contributed by atoms with Gasteiger partial charge < -0.3 is 9.84 Å². The van der Waals surface area contributed by atoms with Crippen molar-refractivity contribution in [2.75, 3.05) is 0 Å². The average Bonchev–Trinajstić information content (AvgIpc) is 2.36. The molecule has 2 aromatic rings. The van der Waals surface area contributed by atoms with Crippen LogP contribution in [0.3, 0.4) is 0 Å². The van der Waals surface area contributed by atoms with E-state index in [4.69, 9.17) is 21.4 Å². The van der Waals surface area contributed by atoms with Crippen molar-refractivity contribution in [2.45, 2.75) is 0 Å². The summed E-state index contributed by atoms with van der Waals surface area (Å²) in [6.07, 6.45) is 2.13. The van der Waals surface area contributed by atoms with Crippen LogP contribution in [-0.2, 0) is 4.79 Å². The molecule has 0 aromatic heterocycles. The Bertz CT molecular complexity index is 694. The summed E-state index contributed by atoms with van der Waals surface area (Å²) in [5.74, 6) is -2.59. The molecule has 0 radical (unpaired) electrons. The second-order valence-corrected chi connectivity index (χ2v) is 4.44. The van der Waals surface area contributed by atoms with Gasteiger partial charge in [-0.25, -0.2) is 13.6 Å². The molecule has 3 nitrogen and oxygen atoms in total. The van der Waals surface area contributed by atoms with Crippen molar-refractivity contribution in [3.05, 3.63) is 64.7 Å². The molecule has 0 amide bonds. The van der Waals surface area contributed by atoms with Crippen LogP contribution in [0.15, 0.2) is 42.5 Å². The van der Waals surface area contributed by atoms with Gasteiger partial charge in [0, 0.05) is 29.8 Å². The minimum Gasteiger partial charge on any atom is -0.478 e. The number of ether oxygens (including phenoxy) is 1. The lowest BCUT2D eigenvalue weighted by Gasteiger charge is -2.10. The molecular formula is C15H9ClF2O3. The third-order valence-electron chi connectivity index (χ3n) is 2.47. The van der Waals surface area contributed by atoms with Gasteiger partial charge in [0.2, 0.25) is 0 Å². The maximum absolute atomic E-state index is 13.1. The third-order valence-corrected chi connectivity index (χ3v) is 2.80. The Morgan fingerprint density at radius 2 is 1.86 bits per heavy atom. The van der Waals surface area contributed by atoms with E-state index in [-0.39, 0.29) is 16.5 Å². The average molecular weight is 311 g/mol. The molecule has 0 unspecified atom stereocenters. The van der Waals surface area contributed by atoms with Gasteiger partial charge in [-0.05, 0) is 18.2 Å². The highest BCUT2D eigenvalue weighted by atomic mass is 35.5. The number of hydrogen-bond acceptors (Lipinski definition) is 2. The van der Waals surface area contributed by atoms with Crippen molar-refractivity contribution in [2.24, 2.45) is 0 Å². The van der Waals surface area contributed by atoms with Crippen LogP contribution in [0.25, 0.3) is 6.08 Å². The van der Waals surface area contributed by atoms with E-state index < -0.39 is 17.6 Å². The number of carbonyl (C=O) groups is 1. The quantitative estimate of drug-likeness (QED) is 0.845. The number of halogens is 3. The fraction of sp³-hybridized carbons (Fsp3) is 0. The highest BCUT2D eigenvalue weighted by molar-refractivity contribution is 6.32. The van der Waals surface area contributed by atoms with E-state index in [9.17, 15) is 13.6 Å². The Morgan fingerprint density at radius 3 is 2.48 bits per heavy atom. The number of carboxylic acid groups (broad SMARTS) is 1. The first-order valence-electron chi connectivity index (χ1n) is 5.79. The van der Waals surface area contributed by atoms with Gasteiger partial charge in [0.1, 0.15) is 23.1 Å². The monoisotopic (exact) mass is 310 g/mol. The fourth-order valence-electron chi connectivity index (χ4n) is 1.64. The van der Waals surface area contributed by atoms with E-state index >= 15 is 0 Å².